The van der Waals surface area contributed by atoms with E-state index < -0.39 is 23.8 Å². The maximum atomic E-state index is 11.6. The highest BCUT2D eigenvalue weighted by Gasteiger charge is 2.14. The molecule has 7 heteroatoms. The number of amides is 2. The van der Waals surface area contributed by atoms with E-state index in [0.29, 0.717) is 11.3 Å². The number of nitrogens with one attached hydrogen (secondary N) is 2. The van der Waals surface area contributed by atoms with Crippen LogP contribution < -0.4 is 16.4 Å². The molecule has 1 atom stereocenters. The number of carbonyl (C=O) groups excluding carboxylic acids is 2. The molecule has 7 nitrogen and oxygen atoms in total. The highest BCUT2D eigenvalue weighted by Crippen LogP contribution is 2.04. The van der Waals surface area contributed by atoms with Crippen LogP contribution in [0.4, 0.5) is 5.69 Å². The average molecular weight is 265 g/mol. The molecule has 0 radical (unpaired) electrons. The van der Waals surface area contributed by atoms with Gasteiger partial charge in [0.15, 0.2) is 0 Å². The Morgan fingerprint density at radius 1 is 1.26 bits per heavy atom. The summed E-state index contributed by atoms with van der Waals surface area (Å²) < 4.78 is 0. The first-order valence-corrected chi connectivity index (χ1v) is 5.56. The number of hydrogen-bond donors (Lipinski definition) is 4. The molecule has 0 aliphatic carbocycles. The van der Waals surface area contributed by atoms with E-state index in [0.717, 1.165) is 0 Å². The number of anilines is 1. The summed E-state index contributed by atoms with van der Waals surface area (Å²) in [6.07, 6.45) is 0. The quantitative estimate of drug-likeness (QED) is 0.539. The summed E-state index contributed by atoms with van der Waals surface area (Å²) in [6, 6.07) is 5.20. The molecule has 19 heavy (non-hydrogen) atoms. The molecule has 0 heterocycles. The first kappa shape index (κ1) is 14.5. The third-order valence-electron chi connectivity index (χ3n) is 2.33. The molecular formula is C12H15N3O4. The van der Waals surface area contributed by atoms with E-state index in [4.69, 9.17) is 10.8 Å². The minimum Gasteiger partial charge on any atom is -0.480 e. The number of carbonyl (C=O) groups is 3. The van der Waals surface area contributed by atoms with Crippen molar-refractivity contribution in [3.05, 3.63) is 29.8 Å². The normalized spacial score (nSPS) is 11.4. The van der Waals surface area contributed by atoms with Crippen molar-refractivity contribution in [1.82, 2.24) is 10.6 Å². The standard InChI is InChI=1S/C12H15N3O4/c1-7(12(18)19)15-10(16)6-14-11(17)8-2-4-9(13)5-3-8/h2-5,7H,6,13H2,1H3,(H,14,17)(H,15,16)(H,18,19)/t7-/m0/s1. The molecule has 2 amide bonds. The second-order valence-corrected chi connectivity index (χ2v) is 3.93. The Hall–Kier alpha value is -2.57. The fourth-order valence-corrected chi connectivity index (χ4v) is 1.25. The molecule has 0 spiro atoms. The summed E-state index contributed by atoms with van der Waals surface area (Å²) >= 11 is 0. The van der Waals surface area contributed by atoms with Gasteiger partial charge < -0.3 is 21.5 Å². The molecular weight excluding hydrogens is 250 g/mol. The van der Waals surface area contributed by atoms with Crippen LogP contribution in [0.5, 0.6) is 0 Å². The number of benzene rings is 1. The van der Waals surface area contributed by atoms with Gasteiger partial charge in [-0.25, -0.2) is 0 Å². The summed E-state index contributed by atoms with van der Waals surface area (Å²) in [7, 11) is 0. The summed E-state index contributed by atoms with van der Waals surface area (Å²) in [5, 5.41) is 13.2. The molecule has 0 aliphatic rings. The summed E-state index contributed by atoms with van der Waals surface area (Å²) in [6.45, 7) is 1.04. The molecule has 102 valence electrons. The molecule has 0 aliphatic heterocycles. The SMILES string of the molecule is C[C@H](NC(=O)CNC(=O)c1ccc(N)cc1)C(=O)O. The summed E-state index contributed by atoms with van der Waals surface area (Å²) in [5.41, 5.74) is 6.38. The van der Waals surface area contributed by atoms with Gasteiger partial charge in [-0.3, -0.25) is 14.4 Å². The van der Waals surface area contributed by atoms with Crippen LogP contribution in [0.3, 0.4) is 0 Å². The number of aliphatic carboxylic acids is 1. The maximum absolute atomic E-state index is 11.6. The highest BCUT2D eigenvalue weighted by atomic mass is 16.4. The van der Waals surface area contributed by atoms with Gasteiger partial charge in [0.1, 0.15) is 6.04 Å². The lowest BCUT2D eigenvalue weighted by molar-refractivity contribution is -0.141. The van der Waals surface area contributed by atoms with E-state index in [1.807, 2.05) is 0 Å². The fraction of sp³-hybridized carbons (Fsp3) is 0.250. The topological polar surface area (TPSA) is 122 Å². The lowest BCUT2D eigenvalue weighted by Gasteiger charge is -2.10. The number of nitrogens with two attached hydrogens (primary N) is 1. The van der Waals surface area contributed by atoms with Gasteiger partial charge in [-0.05, 0) is 31.2 Å². The van der Waals surface area contributed by atoms with Gasteiger partial charge in [-0.1, -0.05) is 0 Å². The Morgan fingerprint density at radius 2 is 1.84 bits per heavy atom. The van der Waals surface area contributed by atoms with E-state index in [1.54, 1.807) is 12.1 Å². The lowest BCUT2D eigenvalue weighted by Crippen LogP contribution is -2.43. The van der Waals surface area contributed by atoms with Crippen molar-refractivity contribution >= 4 is 23.5 Å². The van der Waals surface area contributed by atoms with E-state index in [1.165, 1.54) is 19.1 Å². The van der Waals surface area contributed by atoms with Crippen LogP contribution in [0.25, 0.3) is 0 Å². The van der Waals surface area contributed by atoms with Crippen LogP contribution in [-0.2, 0) is 9.59 Å². The third-order valence-corrected chi connectivity index (χ3v) is 2.33. The molecule has 0 saturated heterocycles. The monoisotopic (exact) mass is 265 g/mol. The Labute approximate surface area is 109 Å². The van der Waals surface area contributed by atoms with Crippen molar-refractivity contribution < 1.29 is 19.5 Å². The van der Waals surface area contributed by atoms with Crippen molar-refractivity contribution in [3.8, 4) is 0 Å². The van der Waals surface area contributed by atoms with Gasteiger partial charge in [0.05, 0.1) is 6.54 Å². The Morgan fingerprint density at radius 3 is 2.37 bits per heavy atom. The van der Waals surface area contributed by atoms with E-state index >= 15 is 0 Å². The predicted molar refractivity (Wildman–Crippen MR) is 68.4 cm³/mol. The number of carboxylic acids is 1. The summed E-state index contributed by atoms with van der Waals surface area (Å²) in [5.74, 6) is -2.14. The van der Waals surface area contributed by atoms with E-state index in [2.05, 4.69) is 10.6 Å². The fourth-order valence-electron chi connectivity index (χ4n) is 1.25. The summed E-state index contributed by atoms with van der Waals surface area (Å²) in [4.78, 5) is 33.5. The van der Waals surface area contributed by atoms with Crippen molar-refractivity contribution in [1.29, 1.82) is 0 Å². The lowest BCUT2D eigenvalue weighted by atomic mass is 10.2. The molecule has 0 unspecified atom stereocenters. The Balaban J connectivity index is 2.44. The van der Waals surface area contributed by atoms with E-state index in [-0.39, 0.29) is 6.54 Å². The maximum Gasteiger partial charge on any atom is 0.325 e. The largest absolute Gasteiger partial charge is 0.480 e. The number of rotatable bonds is 5. The zero-order chi connectivity index (χ0) is 14.4. The third kappa shape index (κ3) is 4.66. The van der Waals surface area contributed by atoms with Crippen LogP contribution in [0.1, 0.15) is 17.3 Å². The van der Waals surface area contributed by atoms with Crippen molar-refractivity contribution in [2.24, 2.45) is 0 Å². The highest BCUT2D eigenvalue weighted by molar-refractivity contribution is 5.97. The van der Waals surface area contributed by atoms with Crippen LogP contribution in [0.15, 0.2) is 24.3 Å². The van der Waals surface area contributed by atoms with Crippen LogP contribution in [-0.4, -0.2) is 35.5 Å². The molecule has 0 bridgehead atoms. The van der Waals surface area contributed by atoms with Gasteiger partial charge in [0.2, 0.25) is 5.91 Å². The first-order valence-electron chi connectivity index (χ1n) is 5.56. The van der Waals surface area contributed by atoms with Crippen LogP contribution in [0, 0.1) is 0 Å². The number of hydrogen-bond acceptors (Lipinski definition) is 4. The molecule has 1 rings (SSSR count). The van der Waals surface area contributed by atoms with Gasteiger partial charge in [0, 0.05) is 11.3 Å². The smallest absolute Gasteiger partial charge is 0.325 e. The second kappa shape index (κ2) is 6.39. The Kier molecular flexibility index (Phi) is 4.87. The van der Waals surface area contributed by atoms with Crippen molar-refractivity contribution in [2.75, 3.05) is 12.3 Å². The van der Waals surface area contributed by atoms with Crippen LogP contribution in [0.2, 0.25) is 0 Å². The average Bonchev–Trinajstić information content (AvgIpc) is 2.36. The Bertz CT molecular complexity index is 484. The zero-order valence-corrected chi connectivity index (χ0v) is 10.3. The first-order chi connectivity index (χ1) is 8.90. The molecule has 0 fully saturated rings. The molecule has 1 aromatic rings. The molecule has 5 N–H and O–H groups in total. The van der Waals surface area contributed by atoms with Crippen molar-refractivity contribution in [3.63, 3.8) is 0 Å². The minimum atomic E-state index is -1.14. The second-order valence-electron chi connectivity index (χ2n) is 3.93. The van der Waals surface area contributed by atoms with Gasteiger partial charge in [-0.2, -0.15) is 0 Å². The predicted octanol–water partition coefficient (Wildman–Crippen LogP) is -0.412. The van der Waals surface area contributed by atoms with Gasteiger partial charge >= 0.3 is 5.97 Å². The van der Waals surface area contributed by atoms with Crippen molar-refractivity contribution in [2.45, 2.75) is 13.0 Å². The zero-order valence-electron chi connectivity index (χ0n) is 10.3. The van der Waals surface area contributed by atoms with Crippen LogP contribution >= 0.6 is 0 Å². The molecule has 0 saturated carbocycles. The number of carboxylic acid groups (broad SMARTS) is 1. The molecule has 1 aromatic carbocycles. The minimum absolute atomic E-state index is 0.291. The van der Waals surface area contributed by atoms with E-state index in [9.17, 15) is 14.4 Å². The van der Waals surface area contributed by atoms with Gasteiger partial charge in [0.25, 0.3) is 5.91 Å². The molecule has 0 aromatic heterocycles. The number of nitrogen functional groups attached to an aromatic ring is 1. The van der Waals surface area contributed by atoms with Gasteiger partial charge in [-0.15, -0.1) is 0 Å².